The largest absolute Gasteiger partial charge is 0.437 e. The van der Waals surface area contributed by atoms with Crippen LogP contribution in [0.25, 0.3) is 22.1 Å². The Morgan fingerprint density at radius 2 is 1.70 bits per heavy atom. The highest BCUT2D eigenvalue weighted by atomic mass is 16.3. The molecule has 1 atom stereocenters. The summed E-state index contributed by atoms with van der Waals surface area (Å²) in [7, 11) is 2.16. The molecule has 5 rings (SSSR count). The van der Waals surface area contributed by atoms with Gasteiger partial charge in [0.05, 0.1) is 5.54 Å². The van der Waals surface area contributed by atoms with Gasteiger partial charge in [0.15, 0.2) is 0 Å². The molecule has 1 aliphatic carbocycles. The molecule has 3 nitrogen and oxygen atoms in total. The lowest BCUT2D eigenvalue weighted by Gasteiger charge is -2.41. The number of hydrogen-bond donors (Lipinski definition) is 0. The van der Waals surface area contributed by atoms with Gasteiger partial charge in [-0.3, -0.25) is 0 Å². The fourth-order valence-corrected chi connectivity index (χ4v) is 5.50. The van der Waals surface area contributed by atoms with Crippen LogP contribution in [-0.4, -0.2) is 16.9 Å². The second-order valence-corrected chi connectivity index (χ2v) is 9.56. The second kappa shape index (κ2) is 7.01. The summed E-state index contributed by atoms with van der Waals surface area (Å²) < 4.78 is 6.54. The van der Waals surface area contributed by atoms with E-state index in [0.29, 0.717) is 5.92 Å². The number of aromatic nitrogens is 1. The van der Waals surface area contributed by atoms with Crippen molar-refractivity contribution in [1.29, 1.82) is 0 Å². The SMILES string of the molecule is CC1=CN(C)C(C)(c2c(C)ccc3c2oc2nc(C4CCCCC4)ccc23)C=C1C. The van der Waals surface area contributed by atoms with Crippen molar-refractivity contribution in [2.75, 3.05) is 7.05 Å². The zero-order valence-corrected chi connectivity index (χ0v) is 18.9. The highest BCUT2D eigenvalue weighted by Crippen LogP contribution is 2.43. The van der Waals surface area contributed by atoms with Gasteiger partial charge in [0.2, 0.25) is 5.71 Å². The van der Waals surface area contributed by atoms with Crippen LogP contribution in [0.5, 0.6) is 0 Å². The lowest BCUT2D eigenvalue weighted by Crippen LogP contribution is -2.39. The molecule has 2 aliphatic rings. The fourth-order valence-electron chi connectivity index (χ4n) is 5.50. The smallest absolute Gasteiger partial charge is 0.227 e. The van der Waals surface area contributed by atoms with Crippen molar-refractivity contribution in [3.8, 4) is 0 Å². The molecule has 0 amide bonds. The normalized spacial score (nSPS) is 23.2. The third kappa shape index (κ3) is 2.90. The monoisotopic (exact) mass is 400 g/mol. The first-order valence-corrected chi connectivity index (χ1v) is 11.3. The minimum Gasteiger partial charge on any atom is -0.437 e. The molecule has 0 radical (unpaired) electrons. The molecule has 0 spiro atoms. The maximum atomic E-state index is 6.54. The Kier molecular flexibility index (Phi) is 4.53. The van der Waals surface area contributed by atoms with Crippen LogP contribution in [0.2, 0.25) is 0 Å². The number of hydrogen-bond acceptors (Lipinski definition) is 3. The number of aryl methyl sites for hydroxylation is 1. The van der Waals surface area contributed by atoms with Gasteiger partial charge in [-0.15, -0.1) is 0 Å². The zero-order valence-electron chi connectivity index (χ0n) is 18.9. The van der Waals surface area contributed by atoms with Gasteiger partial charge in [0.25, 0.3) is 0 Å². The third-order valence-corrected chi connectivity index (χ3v) is 7.51. The zero-order chi connectivity index (χ0) is 21.0. The first-order chi connectivity index (χ1) is 14.4. The van der Waals surface area contributed by atoms with Crippen molar-refractivity contribution < 1.29 is 4.42 Å². The van der Waals surface area contributed by atoms with E-state index in [9.17, 15) is 0 Å². The molecule has 2 aromatic heterocycles. The first kappa shape index (κ1) is 19.4. The van der Waals surface area contributed by atoms with Gasteiger partial charge in [-0.05, 0) is 69.4 Å². The number of fused-ring (bicyclic) bond motifs is 3. The van der Waals surface area contributed by atoms with Crippen molar-refractivity contribution in [3.05, 3.63) is 64.5 Å². The highest BCUT2D eigenvalue weighted by Gasteiger charge is 2.35. The number of rotatable bonds is 2. The van der Waals surface area contributed by atoms with Crippen LogP contribution >= 0.6 is 0 Å². The fraction of sp³-hybridized carbons (Fsp3) is 0.444. The van der Waals surface area contributed by atoms with E-state index in [1.807, 2.05) is 0 Å². The van der Waals surface area contributed by atoms with Crippen LogP contribution in [0.15, 0.2) is 52.1 Å². The predicted octanol–water partition coefficient (Wildman–Crippen LogP) is 7.35. The molecule has 3 heteroatoms. The molecule has 1 fully saturated rings. The van der Waals surface area contributed by atoms with Crippen molar-refractivity contribution >= 4 is 22.1 Å². The minimum atomic E-state index is -0.257. The minimum absolute atomic E-state index is 0.257. The summed E-state index contributed by atoms with van der Waals surface area (Å²) in [6, 6.07) is 8.90. The molecule has 1 aromatic carbocycles. The molecule has 1 saturated carbocycles. The van der Waals surface area contributed by atoms with Gasteiger partial charge in [0, 0.05) is 41.2 Å². The molecular weight excluding hydrogens is 368 g/mol. The van der Waals surface area contributed by atoms with Gasteiger partial charge in [-0.25, -0.2) is 4.98 Å². The Labute approximate surface area is 179 Å². The predicted molar refractivity (Wildman–Crippen MR) is 125 cm³/mol. The van der Waals surface area contributed by atoms with E-state index in [1.54, 1.807) is 0 Å². The molecule has 1 unspecified atom stereocenters. The van der Waals surface area contributed by atoms with E-state index < -0.39 is 0 Å². The molecule has 0 saturated heterocycles. The van der Waals surface area contributed by atoms with Crippen LogP contribution in [0.4, 0.5) is 0 Å². The number of benzene rings is 1. The van der Waals surface area contributed by atoms with Gasteiger partial charge in [-0.2, -0.15) is 0 Å². The lowest BCUT2D eigenvalue weighted by molar-refractivity contribution is 0.256. The van der Waals surface area contributed by atoms with Gasteiger partial charge >= 0.3 is 0 Å². The molecule has 0 N–H and O–H groups in total. The summed E-state index contributed by atoms with van der Waals surface area (Å²) in [6.45, 7) is 8.85. The quantitative estimate of drug-likeness (QED) is 0.450. The van der Waals surface area contributed by atoms with Gasteiger partial charge in [-0.1, -0.05) is 37.5 Å². The molecule has 1 aliphatic heterocycles. The van der Waals surface area contributed by atoms with Crippen LogP contribution in [-0.2, 0) is 5.54 Å². The van der Waals surface area contributed by atoms with Crippen LogP contribution in [0.3, 0.4) is 0 Å². The van der Waals surface area contributed by atoms with E-state index in [-0.39, 0.29) is 5.54 Å². The lowest BCUT2D eigenvalue weighted by atomic mass is 9.82. The van der Waals surface area contributed by atoms with E-state index in [1.165, 1.54) is 65.5 Å². The number of furan rings is 1. The second-order valence-electron chi connectivity index (χ2n) is 9.56. The number of pyridine rings is 1. The molecule has 0 bridgehead atoms. The molecular formula is C27H32N2O. The Morgan fingerprint density at radius 1 is 0.967 bits per heavy atom. The Bertz CT molecular complexity index is 1190. The standard InChI is InChI=1S/C27H32N2O/c1-17-11-12-21-22-13-14-23(20-9-7-6-8-10-20)28-26(22)30-25(21)24(17)27(4)15-18(2)19(3)16-29(27)5/h11-16,20H,6-10H2,1-5H3. The molecule has 30 heavy (non-hydrogen) atoms. The maximum Gasteiger partial charge on any atom is 0.227 e. The van der Waals surface area contributed by atoms with Crippen molar-refractivity contribution in [1.82, 2.24) is 9.88 Å². The summed E-state index contributed by atoms with van der Waals surface area (Å²) in [5, 5.41) is 2.29. The maximum absolute atomic E-state index is 6.54. The van der Waals surface area contributed by atoms with Crippen LogP contribution in [0, 0.1) is 6.92 Å². The van der Waals surface area contributed by atoms with E-state index in [2.05, 4.69) is 76.2 Å². The highest BCUT2D eigenvalue weighted by molar-refractivity contribution is 6.05. The van der Waals surface area contributed by atoms with E-state index >= 15 is 0 Å². The third-order valence-electron chi connectivity index (χ3n) is 7.51. The van der Waals surface area contributed by atoms with Crippen LogP contribution < -0.4 is 0 Å². The number of nitrogens with zero attached hydrogens (tertiary/aromatic N) is 2. The molecule has 156 valence electrons. The molecule has 3 heterocycles. The summed E-state index contributed by atoms with van der Waals surface area (Å²) in [5.41, 5.74) is 7.83. The average molecular weight is 401 g/mol. The average Bonchev–Trinajstić information content (AvgIpc) is 3.10. The summed E-state index contributed by atoms with van der Waals surface area (Å²) in [6.07, 6.45) is 11.1. The number of allylic oxidation sites excluding steroid dienone is 2. The summed E-state index contributed by atoms with van der Waals surface area (Å²) >= 11 is 0. The van der Waals surface area contributed by atoms with Crippen molar-refractivity contribution in [3.63, 3.8) is 0 Å². The van der Waals surface area contributed by atoms with Gasteiger partial charge < -0.3 is 9.32 Å². The summed E-state index contributed by atoms with van der Waals surface area (Å²) in [4.78, 5) is 7.32. The number of likely N-dealkylation sites (N-methyl/N-ethyl adjacent to an activating group) is 1. The summed E-state index contributed by atoms with van der Waals surface area (Å²) in [5.74, 6) is 0.582. The Balaban J connectivity index is 1.70. The topological polar surface area (TPSA) is 29.3 Å². The Morgan fingerprint density at radius 3 is 2.47 bits per heavy atom. The molecule has 3 aromatic rings. The van der Waals surface area contributed by atoms with Crippen molar-refractivity contribution in [2.24, 2.45) is 0 Å². The Hall–Kier alpha value is -2.55. The van der Waals surface area contributed by atoms with Crippen LogP contribution in [0.1, 0.15) is 75.6 Å². The van der Waals surface area contributed by atoms with Crippen molar-refractivity contribution in [2.45, 2.75) is 71.3 Å². The van der Waals surface area contributed by atoms with Gasteiger partial charge in [0.1, 0.15) is 5.58 Å². The van der Waals surface area contributed by atoms with E-state index in [4.69, 9.17) is 9.40 Å². The first-order valence-electron chi connectivity index (χ1n) is 11.3. The van der Waals surface area contributed by atoms with E-state index in [0.717, 1.165) is 16.7 Å².